The molecule has 6 atom stereocenters. The molecule has 0 aromatic carbocycles. The molecule has 0 bridgehead atoms. The number of ketones is 1. The van der Waals surface area contributed by atoms with Crippen molar-refractivity contribution >= 4 is 85.6 Å². The number of ether oxygens (including phenoxy) is 2. The van der Waals surface area contributed by atoms with Crippen LogP contribution >= 0.6 is 22.6 Å². The predicted molar refractivity (Wildman–Crippen MR) is 332 cm³/mol. The molecule has 1 aliphatic rings. The van der Waals surface area contributed by atoms with Crippen LogP contribution in [-0.4, -0.2) is 105 Å². The molecule has 1 aliphatic heterocycles. The number of nitrogens with zero attached hydrogens (tertiary/aromatic N) is 1. The molecular formula is C58H114INO6Si4Sn. The molecule has 7 nitrogen and oxygen atoms in total. The van der Waals surface area contributed by atoms with E-state index < -0.39 is 68.8 Å². The predicted octanol–water partition coefficient (Wildman–Crippen LogP) is 18.5. The van der Waals surface area contributed by atoms with Gasteiger partial charge in [-0.05, 0) is 69.2 Å². The molecule has 13 heteroatoms. The van der Waals surface area contributed by atoms with E-state index in [2.05, 4.69) is 217 Å². The molecule has 0 radical (unpaired) electrons. The number of carbonyl (C=O) groups is 2. The number of hydrogen-bond donors (Lipinski definition) is 0. The number of amides is 1. The van der Waals surface area contributed by atoms with Crippen molar-refractivity contribution in [3.05, 3.63) is 43.6 Å². The van der Waals surface area contributed by atoms with Gasteiger partial charge in [0.25, 0.3) is 0 Å². The van der Waals surface area contributed by atoms with Crippen molar-refractivity contribution < 1.29 is 27.9 Å². The van der Waals surface area contributed by atoms with Crippen molar-refractivity contribution in [2.24, 2.45) is 11.3 Å². The maximum atomic E-state index is 15.3. The quantitative estimate of drug-likeness (QED) is 0.0127. The maximum absolute atomic E-state index is 15.3. The van der Waals surface area contributed by atoms with Crippen molar-refractivity contribution in [1.82, 2.24) is 4.57 Å². The monoisotopic (exact) mass is 1280 g/mol. The Hall–Kier alpha value is 0.336. The Labute approximate surface area is 462 Å². The topological polar surface area (TPSA) is 74.3 Å². The number of unbranched alkanes of at least 4 members (excludes halogenated alkanes) is 3. The third-order valence-corrected chi connectivity index (χ3v) is 47.7. The van der Waals surface area contributed by atoms with Crippen LogP contribution < -0.4 is 0 Å². The van der Waals surface area contributed by atoms with Crippen molar-refractivity contribution in [2.75, 3.05) is 13.4 Å². The van der Waals surface area contributed by atoms with E-state index in [1.165, 1.54) is 51.8 Å². The van der Waals surface area contributed by atoms with Crippen LogP contribution in [0.5, 0.6) is 0 Å². The number of Topliss-reactive ketones (excluding diaryl/α,β-unsaturated/α-hetero) is 1. The van der Waals surface area contributed by atoms with Crippen molar-refractivity contribution in [1.29, 1.82) is 0 Å². The standard InChI is InChI=1S/C46H87INO6Si4.3C4H9.Sn/c1-24-37(53-57(20,21)44(8,9)10)27-25-34(2)26-28-38(52-33-51-29-30-55(15,16)17)32-39(54-58(22,23)45(11,12)13)36(4)41(49)46(14)40(31-35(3)47)48(42(46)50)56(18,19)43(5,6)7;3*1-3-4-2;/h1,24-26,28,31,36-40H,27,29-30,32-33H2,2-23H3;3*1,3-4H2,2H3;/b24-1?,28-26+,34-25+,35-31+;;;;/t36-,37-,38-,39-,40-,46+;;;;/m1..../s1. The van der Waals surface area contributed by atoms with Crippen LogP contribution in [0.25, 0.3) is 0 Å². The number of β-lactam (4-membered cyclic amide) rings is 1. The van der Waals surface area contributed by atoms with Crippen LogP contribution in [0, 0.1) is 11.3 Å². The molecular weight excluding hydrogens is 1160 g/mol. The summed E-state index contributed by atoms with van der Waals surface area (Å²) in [6.07, 6.45) is 19.7. The van der Waals surface area contributed by atoms with Crippen LogP contribution in [0.15, 0.2) is 43.6 Å². The summed E-state index contributed by atoms with van der Waals surface area (Å²) in [6.45, 7) is 57.4. The number of hydrogen-bond acceptors (Lipinski definition) is 6. The summed E-state index contributed by atoms with van der Waals surface area (Å²) in [4.78, 5) is 30.1. The van der Waals surface area contributed by atoms with E-state index in [1.807, 2.05) is 13.8 Å². The van der Waals surface area contributed by atoms with Crippen LogP contribution in [0.2, 0.25) is 93.4 Å². The zero-order chi connectivity index (χ0) is 55.2. The first-order valence-corrected chi connectivity index (χ1v) is 49.3. The zero-order valence-electron chi connectivity index (χ0n) is 51.0. The molecule has 0 aliphatic carbocycles. The van der Waals surface area contributed by atoms with Gasteiger partial charge in [-0.15, -0.1) is 0 Å². The van der Waals surface area contributed by atoms with Crippen molar-refractivity contribution in [3.63, 3.8) is 0 Å². The number of rotatable bonds is 32. The fourth-order valence-electron chi connectivity index (χ4n) is 8.80. The Kier molecular flexibility index (Phi) is 28.1. The number of carbonyl (C=O) groups excluding carboxylic acids is 2. The van der Waals surface area contributed by atoms with E-state index in [0.717, 1.165) is 21.6 Å². The molecule has 0 unspecified atom stereocenters. The van der Waals surface area contributed by atoms with Crippen LogP contribution in [0.4, 0.5) is 0 Å². The fraction of sp³-hybridized carbons (Fsp3) is 0.828. The summed E-state index contributed by atoms with van der Waals surface area (Å²) in [5.74, 6) is -0.643. The first-order chi connectivity index (χ1) is 32.2. The summed E-state index contributed by atoms with van der Waals surface area (Å²) in [5.41, 5.74) is -0.0357. The SMILES string of the molecule is CCC[CH2][Sn](/[CH]=C/[C@H](C/C=C(C)/C=C/[C@H](C[C@@H](O[Si](C)(C)C(C)(C)C)[C@@H](C)C(=O)[C@@]1(C)C(=O)N([Si](C)(C)C(C)(C)C)[C@@H]1/C=C(\C)I)OCOCC[Si](C)(C)C)O[Si](C)(C)C(C)(C)C)([CH2]CCC)[CH2]CCC. The Morgan fingerprint density at radius 1 is 0.775 bits per heavy atom. The van der Waals surface area contributed by atoms with E-state index in [-0.39, 0.29) is 51.8 Å². The second-order valence-corrected chi connectivity index (χ2v) is 62.7. The van der Waals surface area contributed by atoms with Crippen LogP contribution in [-0.2, 0) is 27.9 Å². The number of allylic oxidation sites excluding steroid dienone is 3. The van der Waals surface area contributed by atoms with Gasteiger partial charge in [-0.25, -0.2) is 0 Å². The normalized spacial score (nSPS) is 20.5. The second-order valence-electron chi connectivity index (χ2n) is 27.7. The van der Waals surface area contributed by atoms with Gasteiger partial charge < -0.3 is 4.57 Å². The summed E-state index contributed by atoms with van der Waals surface area (Å²) in [5, 5.41) is -0.0616. The minimum absolute atomic E-state index is 0.0269. The van der Waals surface area contributed by atoms with Gasteiger partial charge >= 0.3 is 241 Å². The van der Waals surface area contributed by atoms with Gasteiger partial charge in [0.2, 0.25) is 5.91 Å². The Bertz CT molecular complexity index is 1760. The van der Waals surface area contributed by atoms with E-state index in [9.17, 15) is 4.79 Å². The summed E-state index contributed by atoms with van der Waals surface area (Å²) in [6, 6.07) is 0.749. The van der Waals surface area contributed by atoms with Gasteiger partial charge in [0.15, 0.2) is 22.3 Å². The molecule has 1 fully saturated rings. The van der Waals surface area contributed by atoms with Gasteiger partial charge in [-0.2, -0.15) is 0 Å². The van der Waals surface area contributed by atoms with Crippen LogP contribution in [0.3, 0.4) is 0 Å². The summed E-state index contributed by atoms with van der Waals surface area (Å²) in [7, 11) is -8.11. The summed E-state index contributed by atoms with van der Waals surface area (Å²) >= 11 is -0.235. The first-order valence-electron chi connectivity index (χ1n) is 28.0. The number of halogens is 1. The average Bonchev–Trinajstić information content (AvgIpc) is 3.23. The molecule has 1 rings (SSSR count). The second kappa shape index (κ2) is 28.8. The summed E-state index contributed by atoms with van der Waals surface area (Å²) < 4.78 is 37.8. The van der Waals surface area contributed by atoms with Gasteiger partial charge in [0.1, 0.15) is 5.41 Å². The molecule has 0 saturated carbocycles. The van der Waals surface area contributed by atoms with Gasteiger partial charge in [0.05, 0.1) is 6.04 Å². The van der Waals surface area contributed by atoms with Gasteiger partial charge in [-0.1, -0.05) is 87.3 Å². The molecule has 0 spiro atoms. The van der Waals surface area contributed by atoms with E-state index in [4.69, 9.17) is 18.3 Å². The van der Waals surface area contributed by atoms with E-state index >= 15 is 4.79 Å². The Balaban J connectivity index is 3.93. The molecule has 0 aromatic rings. The molecule has 0 aromatic heterocycles. The van der Waals surface area contributed by atoms with Crippen molar-refractivity contribution in [3.8, 4) is 0 Å². The molecule has 71 heavy (non-hydrogen) atoms. The minimum atomic E-state index is -2.57. The third-order valence-electron chi connectivity index (χ3n) is 17.2. The molecule has 0 N–H and O–H groups in total. The fourth-order valence-corrected chi connectivity index (χ4v) is 29.5. The Morgan fingerprint density at radius 3 is 1.70 bits per heavy atom. The molecule has 1 amide bonds. The van der Waals surface area contributed by atoms with Gasteiger partial charge in [0, 0.05) is 14.7 Å². The third kappa shape index (κ3) is 20.9. The van der Waals surface area contributed by atoms with Crippen LogP contribution in [0.1, 0.15) is 162 Å². The average molecular weight is 1280 g/mol. The molecule has 1 heterocycles. The van der Waals surface area contributed by atoms with E-state index in [1.54, 1.807) is 0 Å². The zero-order valence-corrected chi connectivity index (χ0v) is 60.0. The van der Waals surface area contributed by atoms with E-state index in [0.29, 0.717) is 13.0 Å². The molecule has 414 valence electrons. The van der Waals surface area contributed by atoms with Gasteiger partial charge in [-0.3, -0.25) is 9.59 Å². The molecule has 1 saturated heterocycles. The van der Waals surface area contributed by atoms with Crippen molar-refractivity contribution in [2.45, 2.75) is 280 Å². The first kappa shape index (κ1) is 69.4. The Morgan fingerprint density at radius 2 is 1.27 bits per heavy atom.